The lowest BCUT2D eigenvalue weighted by molar-refractivity contribution is 0.335. The summed E-state index contributed by atoms with van der Waals surface area (Å²) in [5.74, 6) is 0.885. The molecule has 0 atom stereocenters. The second kappa shape index (κ2) is 7.52. The van der Waals surface area contributed by atoms with Crippen molar-refractivity contribution < 1.29 is 4.74 Å². The van der Waals surface area contributed by atoms with Gasteiger partial charge in [-0.15, -0.1) is 0 Å². The van der Waals surface area contributed by atoms with Crippen LogP contribution >= 0.6 is 43.6 Å². The van der Waals surface area contributed by atoms with Gasteiger partial charge in [-0.25, -0.2) is 0 Å². The third kappa shape index (κ3) is 3.93. The van der Waals surface area contributed by atoms with Crippen molar-refractivity contribution in [2.45, 2.75) is 37.5 Å². The number of thioether (sulfide) groups is 1. The normalized spacial score (nSPS) is 16.8. The molecule has 1 aliphatic rings. The van der Waals surface area contributed by atoms with E-state index in [4.69, 9.17) is 4.74 Å². The molecule has 0 amide bonds. The summed E-state index contributed by atoms with van der Waals surface area (Å²) in [7, 11) is 0. The van der Waals surface area contributed by atoms with E-state index in [2.05, 4.69) is 55.6 Å². The maximum atomic E-state index is 5.61. The zero-order chi connectivity index (χ0) is 14.6. The van der Waals surface area contributed by atoms with Gasteiger partial charge in [-0.1, -0.05) is 6.42 Å². The molecule has 0 heterocycles. The Morgan fingerprint density at radius 3 is 2.40 bits per heavy atom. The molecule has 1 saturated carbocycles. The summed E-state index contributed by atoms with van der Waals surface area (Å²) in [5.41, 5.74) is 1.27. The Morgan fingerprint density at radius 2 is 1.95 bits per heavy atom. The minimum absolute atomic E-state index is 0.486. The number of halogens is 2. The van der Waals surface area contributed by atoms with Gasteiger partial charge in [0.1, 0.15) is 5.75 Å². The first-order chi connectivity index (χ1) is 9.60. The van der Waals surface area contributed by atoms with Gasteiger partial charge in [0.05, 0.1) is 15.6 Å². The molecule has 1 aromatic carbocycles. The molecule has 0 aliphatic heterocycles. The van der Waals surface area contributed by atoms with Gasteiger partial charge in [0.25, 0.3) is 0 Å². The van der Waals surface area contributed by atoms with Crippen LogP contribution in [-0.2, 0) is 6.54 Å². The highest BCUT2D eigenvalue weighted by Gasteiger charge is 2.35. The number of benzene rings is 1. The minimum Gasteiger partial charge on any atom is -0.492 e. The van der Waals surface area contributed by atoms with Crippen LogP contribution < -0.4 is 10.1 Å². The summed E-state index contributed by atoms with van der Waals surface area (Å²) in [5, 5.41) is 3.60. The highest BCUT2D eigenvalue weighted by molar-refractivity contribution is 9.11. The highest BCUT2D eigenvalue weighted by atomic mass is 79.9. The Hall–Kier alpha value is 0.290. The topological polar surface area (TPSA) is 21.3 Å². The summed E-state index contributed by atoms with van der Waals surface area (Å²) in [6.45, 7) is 4.66. The van der Waals surface area contributed by atoms with Crippen molar-refractivity contribution >= 4 is 43.6 Å². The van der Waals surface area contributed by atoms with Gasteiger partial charge >= 0.3 is 0 Å². The second-order valence-electron chi connectivity index (χ2n) is 5.17. The van der Waals surface area contributed by atoms with Crippen molar-refractivity contribution in [1.29, 1.82) is 0 Å². The lowest BCUT2D eigenvalue weighted by Gasteiger charge is -2.40. The SMILES string of the molecule is CCOc1c(Br)cc(CNCC2(SC)CCC2)cc1Br. The Morgan fingerprint density at radius 1 is 1.30 bits per heavy atom. The molecular weight excluding hydrogens is 402 g/mol. The third-order valence-corrected chi connectivity index (χ3v) is 6.42. The van der Waals surface area contributed by atoms with Crippen molar-refractivity contribution in [2.24, 2.45) is 0 Å². The van der Waals surface area contributed by atoms with E-state index in [0.29, 0.717) is 11.4 Å². The zero-order valence-corrected chi connectivity index (χ0v) is 16.0. The molecule has 0 bridgehead atoms. The summed E-state index contributed by atoms with van der Waals surface area (Å²) in [4.78, 5) is 0. The van der Waals surface area contributed by atoms with E-state index < -0.39 is 0 Å². The number of ether oxygens (including phenoxy) is 1. The fourth-order valence-electron chi connectivity index (χ4n) is 2.46. The zero-order valence-electron chi connectivity index (χ0n) is 12.0. The van der Waals surface area contributed by atoms with Gasteiger partial charge in [0.15, 0.2) is 0 Å². The molecule has 1 aliphatic carbocycles. The van der Waals surface area contributed by atoms with Crippen molar-refractivity contribution in [3.8, 4) is 5.75 Å². The van der Waals surface area contributed by atoms with E-state index in [1.54, 1.807) is 0 Å². The number of rotatable bonds is 7. The van der Waals surface area contributed by atoms with E-state index >= 15 is 0 Å². The summed E-state index contributed by atoms with van der Waals surface area (Å²) in [6, 6.07) is 4.27. The largest absolute Gasteiger partial charge is 0.492 e. The minimum atomic E-state index is 0.486. The van der Waals surface area contributed by atoms with Gasteiger partial charge in [-0.05, 0) is 75.6 Å². The molecule has 0 aromatic heterocycles. The van der Waals surface area contributed by atoms with Crippen molar-refractivity contribution in [3.05, 3.63) is 26.6 Å². The number of hydrogen-bond donors (Lipinski definition) is 1. The molecule has 1 N–H and O–H groups in total. The van der Waals surface area contributed by atoms with Crippen LogP contribution in [0.4, 0.5) is 0 Å². The van der Waals surface area contributed by atoms with Crippen molar-refractivity contribution in [1.82, 2.24) is 5.32 Å². The molecular formula is C15H21Br2NOS. The second-order valence-corrected chi connectivity index (χ2v) is 8.15. The van der Waals surface area contributed by atoms with E-state index in [1.807, 2.05) is 18.7 Å². The van der Waals surface area contributed by atoms with Gasteiger partial charge in [0.2, 0.25) is 0 Å². The third-order valence-electron chi connectivity index (χ3n) is 3.82. The molecule has 20 heavy (non-hydrogen) atoms. The standard InChI is InChI=1S/C15H21Br2NOS/c1-3-19-14-12(16)7-11(8-13(14)17)9-18-10-15(20-2)5-4-6-15/h7-8,18H,3-6,9-10H2,1-2H3. The van der Waals surface area contributed by atoms with Gasteiger partial charge < -0.3 is 10.1 Å². The number of nitrogens with one attached hydrogen (secondary N) is 1. The van der Waals surface area contributed by atoms with Crippen LogP contribution in [0.15, 0.2) is 21.1 Å². The average molecular weight is 423 g/mol. The quantitative estimate of drug-likeness (QED) is 0.668. The van der Waals surface area contributed by atoms with Crippen molar-refractivity contribution in [3.63, 3.8) is 0 Å². The molecule has 2 nitrogen and oxygen atoms in total. The Balaban J connectivity index is 1.93. The van der Waals surface area contributed by atoms with Crippen LogP contribution in [0.1, 0.15) is 31.7 Å². The molecule has 1 aromatic rings. The maximum absolute atomic E-state index is 5.61. The lowest BCUT2D eigenvalue weighted by Crippen LogP contribution is -2.43. The molecule has 5 heteroatoms. The molecule has 0 spiro atoms. The van der Waals surface area contributed by atoms with Crippen LogP contribution in [0.25, 0.3) is 0 Å². The van der Waals surface area contributed by atoms with E-state index in [9.17, 15) is 0 Å². The predicted octanol–water partition coefficient (Wildman–Crippen LogP) is 4.99. The molecule has 112 valence electrons. The van der Waals surface area contributed by atoms with E-state index in [-0.39, 0.29) is 0 Å². The summed E-state index contributed by atoms with van der Waals surface area (Å²) in [6.07, 6.45) is 6.29. The molecule has 0 unspecified atom stereocenters. The fraction of sp³-hybridized carbons (Fsp3) is 0.600. The molecule has 1 fully saturated rings. The molecule has 2 rings (SSSR count). The first kappa shape index (κ1) is 16.7. The Labute approximate surface area is 142 Å². The van der Waals surface area contributed by atoms with Crippen LogP contribution in [-0.4, -0.2) is 24.2 Å². The summed E-state index contributed by atoms with van der Waals surface area (Å²) < 4.78 is 8.11. The average Bonchev–Trinajstić information content (AvgIpc) is 2.37. The van der Waals surface area contributed by atoms with Gasteiger partial charge in [-0.3, -0.25) is 0 Å². The predicted molar refractivity (Wildman–Crippen MR) is 94.8 cm³/mol. The molecule has 0 saturated heterocycles. The van der Waals surface area contributed by atoms with Crippen molar-refractivity contribution in [2.75, 3.05) is 19.4 Å². The first-order valence-electron chi connectivity index (χ1n) is 6.97. The van der Waals surface area contributed by atoms with Crippen LogP contribution in [0.5, 0.6) is 5.75 Å². The lowest BCUT2D eigenvalue weighted by atomic mass is 9.84. The summed E-state index contributed by atoms with van der Waals surface area (Å²) >= 11 is 9.17. The Kier molecular flexibility index (Phi) is 6.26. The highest BCUT2D eigenvalue weighted by Crippen LogP contribution is 2.42. The fourth-order valence-corrected chi connectivity index (χ4v) is 4.91. The Bertz CT molecular complexity index is 435. The van der Waals surface area contributed by atoms with E-state index in [0.717, 1.165) is 27.8 Å². The molecule has 0 radical (unpaired) electrons. The first-order valence-corrected chi connectivity index (χ1v) is 9.78. The monoisotopic (exact) mass is 421 g/mol. The maximum Gasteiger partial charge on any atom is 0.147 e. The van der Waals surface area contributed by atoms with E-state index in [1.165, 1.54) is 24.8 Å². The van der Waals surface area contributed by atoms with Crippen LogP contribution in [0.2, 0.25) is 0 Å². The van der Waals surface area contributed by atoms with Gasteiger partial charge in [-0.2, -0.15) is 11.8 Å². The smallest absolute Gasteiger partial charge is 0.147 e. The van der Waals surface area contributed by atoms with Crippen LogP contribution in [0.3, 0.4) is 0 Å². The van der Waals surface area contributed by atoms with Gasteiger partial charge in [0, 0.05) is 17.8 Å². The van der Waals surface area contributed by atoms with Crippen LogP contribution in [0, 0.1) is 0 Å². The number of hydrogen-bond acceptors (Lipinski definition) is 3.